The highest BCUT2D eigenvalue weighted by Gasteiger charge is 2.03. The van der Waals surface area contributed by atoms with Gasteiger partial charge in [0.05, 0.1) is 0 Å². The SMILES string of the molecule is CN(CCSc1ccccc1)c1ccc(C(N)=NO)cc1. The van der Waals surface area contributed by atoms with E-state index in [2.05, 4.69) is 41.4 Å². The van der Waals surface area contributed by atoms with Crippen LogP contribution in [0.2, 0.25) is 0 Å². The first kappa shape index (κ1) is 15.3. The molecule has 0 aliphatic carbocycles. The Morgan fingerprint density at radius 2 is 1.81 bits per heavy atom. The van der Waals surface area contributed by atoms with Gasteiger partial charge in [-0.2, -0.15) is 0 Å². The lowest BCUT2D eigenvalue weighted by molar-refractivity contribution is 0.318. The summed E-state index contributed by atoms with van der Waals surface area (Å²) in [5.74, 6) is 1.14. The molecule has 0 amide bonds. The van der Waals surface area contributed by atoms with Crippen LogP contribution < -0.4 is 10.6 Å². The molecule has 0 unspecified atom stereocenters. The predicted octanol–water partition coefficient (Wildman–Crippen LogP) is 3.01. The van der Waals surface area contributed by atoms with Gasteiger partial charge in [-0.05, 0) is 36.4 Å². The van der Waals surface area contributed by atoms with Gasteiger partial charge in [0.1, 0.15) is 0 Å². The summed E-state index contributed by atoms with van der Waals surface area (Å²) >= 11 is 1.84. The number of hydrogen-bond acceptors (Lipinski definition) is 4. The van der Waals surface area contributed by atoms with Gasteiger partial charge in [-0.25, -0.2) is 0 Å². The smallest absolute Gasteiger partial charge is 0.170 e. The summed E-state index contributed by atoms with van der Waals surface area (Å²) < 4.78 is 0. The van der Waals surface area contributed by atoms with Crippen molar-refractivity contribution in [3.63, 3.8) is 0 Å². The molecule has 2 aromatic carbocycles. The molecule has 110 valence electrons. The van der Waals surface area contributed by atoms with Crippen molar-refractivity contribution in [1.82, 2.24) is 0 Å². The maximum absolute atomic E-state index is 8.64. The predicted molar refractivity (Wildman–Crippen MR) is 89.4 cm³/mol. The molecule has 5 heteroatoms. The Kier molecular flexibility index (Phi) is 5.51. The van der Waals surface area contributed by atoms with Crippen molar-refractivity contribution in [2.75, 3.05) is 24.2 Å². The molecule has 0 saturated heterocycles. The lowest BCUT2D eigenvalue weighted by Gasteiger charge is -2.19. The van der Waals surface area contributed by atoms with Crippen LogP contribution in [0.4, 0.5) is 5.69 Å². The monoisotopic (exact) mass is 301 g/mol. The van der Waals surface area contributed by atoms with E-state index in [1.807, 2.05) is 42.1 Å². The fourth-order valence-electron chi connectivity index (χ4n) is 1.89. The summed E-state index contributed by atoms with van der Waals surface area (Å²) in [5, 5.41) is 11.6. The minimum absolute atomic E-state index is 0.129. The largest absolute Gasteiger partial charge is 0.409 e. The van der Waals surface area contributed by atoms with Gasteiger partial charge in [-0.15, -0.1) is 11.8 Å². The molecular formula is C16H19N3OS. The molecule has 0 saturated carbocycles. The van der Waals surface area contributed by atoms with E-state index in [-0.39, 0.29) is 5.84 Å². The summed E-state index contributed by atoms with van der Waals surface area (Å²) in [6, 6.07) is 18.0. The summed E-state index contributed by atoms with van der Waals surface area (Å²) in [5.41, 5.74) is 7.37. The Morgan fingerprint density at radius 1 is 1.14 bits per heavy atom. The fourth-order valence-corrected chi connectivity index (χ4v) is 2.84. The molecule has 2 rings (SSSR count). The molecule has 21 heavy (non-hydrogen) atoms. The maximum atomic E-state index is 8.64. The first-order chi connectivity index (χ1) is 10.2. The van der Waals surface area contributed by atoms with Gasteiger partial charge in [0.25, 0.3) is 0 Å². The zero-order valence-corrected chi connectivity index (χ0v) is 12.8. The third-order valence-corrected chi connectivity index (χ3v) is 4.14. The molecule has 3 N–H and O–H groups in total. The Bertz CT molecular complexity index is 584. The van der Waals surface area contributed by atoms with E-state index in [4.69, 9.17) is 10.9 Å². The van der Waals surface area contributed by atoms with Gasteiger partial charge in [0.15, 0.2) is 5.84 Å². The second-order valence-electron chi connectivity index (χ2n) is 4.62. The van der Waals surface area contributed by atoms with Gasteiger partial charge >= 0.3 is 0 Å². The highest BCUT2D eigenvalue weighted by molar-refractivity contribution is 7.99. The van der Waals surface area contributed by atoms with Crippen molar-refractivity contribution in [3.8, 4) is 0 Å². The molecule has 0 spiro atoms. The van der Waals surface area contributed by atoms with Gasteiger partial charge in [0, 0.05) is 35.5 Å². The van der Waals surface area contributed by atoms with E-state index in [0.29, 0.717) is 5.56 Å². The quantitative estimate of drug-likeness (QED) is 0.283. The van der Waals surface area contributed by atoms with Gasteiger partial charge in [0.2, 0.25) is 0 Å². The van der Waals surface area contributed by atoms with Crippen LogP contribution >= 0.6 is 11.8 Å². The second-order valence-corrected chi connectivity index (χ2v) is 5.78. The molecule has 0 fully saturated rings. The number of rotatable bonds is 6. The van der Waals surface area contributed by atoms with Crippen molar-refractivity contribution < 1.29 is 5.21 Å². The van der Waals surface area contributed by atoms with Crippen molar-refractivity contribution in [2.24, 2.45) is 10.9 Å². The number of thioether (sulfide) groups is 1. The number of anilines is 1. The van der Waals surface area contributed by atoms with E-state index >= 15 is 0 Å². The molecule has 0 aliphatic rings. The standard InChI is InChI=1S/C16H19N3OS/c1-19(11-12-21-15-5-3-2-4-6-15)14-9-7-13(8-10-14)16(17)18-20/h2-10,20H,11-12H2,1H3,(H2,17,18). The molecule has 2 aromatic rings. The van der Waals surface area contributed by atoms with Crippen LogP contribution in [0.25, 0.3) is 0 Å². The Morgan fingerprint density at radius 3 is 2.43 bits per heavy atom. The van der Waals surface area contributed by atoms with Crippen molar-refractivity contribution >= 4 is 23.3 Å². The van der Waals surface area contributed by atoms with E-state index < -0.39 is 0 Å². The average Bonchev–Trinajstić information content (AvgIpc) is 2.55. The highest BCUT2D eigenvalue weighted by atomic mass is 32.2. The number of hydrogen-bond donors (Lipinski definition) is 2. The molecule has 0 aliphatic heterocycles. The summed E-state index contributed by atoms with van der Waals surface area (Å²) in [7, 11) is 2.06. The minimum atomic E-state index is 0.129. The summed E-state index contributed by atoms with van der Waals surface area (Å²) in [6.45, 7) is 0.947. The lowest BCUT2D eigenvalue weighted by Crippen LogP contribution is -2.20. The topological polar surface area (TPSA) is 61.8 Å². The Hall–Kier alpha value is -2.14. The van der Waals surface area contributed by atoms with E-state index in [0.717, 1.165) is 18.0 Å². The lowest BCUT2D eigenvalue weighted by atomic mass is 10.2. The first-order valence-corrected chi connectivity index (χ1v) is 7.66. The van der Waals surface area contributed by atoms with Crippen LogP contribution in [0.3, 0.4) is 0 Å². The normalized spacial score (nSPS) is 11.4. The van der Waals surface area contributed by atoms with E-state index in [1.54, 1.807) is 0 Å². The molecule has 0 radical (unpaired) electrons. The first-order valence-electron chi connectivity index (χ1n) is 6.67. The van der Waals surface area contributed by atoms with Gasteiger partial charge in [-0.3, -0.25) is 0 Å². The third-order valence-electron chi connectivity index (χ3n) is 3.15. The van der Waals surface area contributed by atoms with Crippen molar-refractivity contribution in [2.45, 2.75) is 4.90 Å². The summed E-state index contributed by atoms with van der Waals surface area (Å²) in [6.07, 6.45) is 0. The zero-order chi connectivity index (χ0) is 15.1. The van der Waals surface area contributed by atoms with E-state index in [1.165, 1.54) is 4.90 Å². The molecule has 4 nitrogen and oxygen atoms in total. The average molecular weight is 301 g/mol. The van der Waals surface area contributed by atoms with Gasteiger partial charge in [-0.1, -0.05) is 23.4 Å². The molecule has 0 bridgehead atoms. The van der Waals surface area contributed by atoms with Crippen LogP contribution in [-0.4, -0.2) is 30.4 Å². The van der Waals surface area contributed by atoms with Crippen LogP contribution in [0, 0.1) is 0 Å². The molecule has 0 atom stereocenters. The molecule has 0 heterocycles. The van der Waals surface area contributed by atoms with Crippen LogP contribution in [0.1, 0.15) is 5.56 Å². The number of nitrogens with zero attached hydrogens (tertiary/aromatic N) is 2. The number of oxime groups is 1. The highest BCUT2D eigenvalue weighted by Crippen LogP contribution is 2.19. The molecular weight excluding hydrogens is 282 g/mol. The van der Waals surface area contributed by atoms with Crippen molar-refractivity contribution in [3.05, 3.63) is 60.2 Å². The Balaban J connectivity index is 1.87. The number of benzene rings is 2. The maximum Gasteiger partial charge on any atom is 0.170 e. The number of nitrogens with two attached hydrogens (primary N) is 1. The minimum Gasteiger partial charge on any atom is -0.409 e. The Labute approximate surface area is 129 Å². The summed E-state index contributed by atoms with van der Waals surface area (Å²) in [4.78, 5) is 3.47. The van der Waals surface area contributed by atoms with Crippen LogP contribution in [0.15, 0.2) is 64.6 Å². The number of amidine groups is 1. The van der Waals surface area contributed by atoms with E-state index in [9.17, 15) is 0 Å². The zero-order valence-electron chi connectivity index (χ0n) is 11.9. The van der Waals surface area contributed by atoms with Crippen LogP contribution in [0.5, 0.6) is 0 Å². The molecule has 0 aromatic heterocycles. The second kappa shape index (κ2) is 7.59. The third kappa shape index (κ3) is 4.43. The van der Waals surface area contributed by atoms with Crippen molar-refractivity contribution in [1.29, 1.82) is 0 Å². The fraction of sp³-hybridized carbons (Fsp3) is 0.188. The van der Waals surface area contributed by atoms with Crippen LogP contribution in [-0.2, 0) is 0 Å². The van der Waals surface area contributed by atoms with Gasteiger partial charge < -0.3 is 15.8 Å².